The number of rotatable bonds is 8. The molecule has 0 bridgehead atoms. The topological polar surface area (TPSA) is 69.7 Å². The smallest absolute Gasteiger partial charge is 0.323 e. The van der Waals surface area contributed by atoms with E-state index in [1.807, 2.05) is 0 Å². The molecule has 0 unspecified atom stereocenters. The van der Waals surface area contributed by atoms with Gasteiger partial charge in [-0.1, -0.05) is 15.9 Å². The van der Waals surface area contributed by atoms with E-state index >= 15 is 0 Å². The van der Waals surface area contributed by atoms with Crippen LogP contribution in [-0.2, 0) is 23.9 Å². The van der Waals surface area contributed by atoms with Gasteiger partial charge in [-0.2, -0.15) is 0 Å². The van der Waals surface area contributed by atoms with Crippen LogP contribution in [-0.4, -0.2) is 36.8 Å². The lowest BCUT2D eigenvalue weighted by Crippen LogP contribution is -2.43. The SMILES string of the molecule is CCOC(=O)C(CC=O)(CCBr)C(=O)OCC. The Morgan fingerprint density at radius 1 is 1.18 bits per heavy atom. The van der Waals surface area contributed by atoms with Crippen LogP contribution in [0, 0.1) is 5.41 Å². The van der Waals surface area contributed by atoms with Gasteiger partial charge in [0.2, 0.25) is 0 Å². The average Bonchev–Trinajstić information content (AvgIpc) is 2.29. The lowest BCUT2D eigenvalue weighted by molar-refractivity contribution is -0.173. The van der Waals surface area contributed by atoms with Crippen molar-refractivity contribution in [3.05, 3.63) is 0 Å². The van der Waals surface area contributed by atoms with E-state index in [9.17, 15) is 14.4 Å². The Morgan fingerprint density at radius 2 is 1.65 bits per heavy atom. The predicted molar refractivity (Wildman–Crippen MR) is 64.8 cm³/mol. The molecule has 5 nitrogen and oxygen atoms in total. The van der Waals surface area contributed by atoms with Crippen LogP contribution in [0.1, 0.15) is 26.7 Å². The Bertz CT molecular complexity index is 259. The molecule has 0 saturated heterocycles. The van der Waals surface area contributed by atoms with E-state index < -0.39 is 17.4 Å². The van der Waals surface area contributed by atoms with Crippen LogP contribution in [0.2, 0.25) is 0 Å². The number of aldehydes is 1. The third-order valence-electron chi connectivity index (χ3n) is 2.29. The predicted octanol–water partition coefficient (Wildman–Crippen LogP) is 1.47. The lowest BCUT2D eigenvalue weighted by atomic mass is 9.82. The molecule has 0 aromatic heterocycles. The number of ether oxygens (including phenoxy) is 2. The Hall–Kier alpha value is -0.910. The van der Waals surface area contributed by atoms with Crippen LogP contribution in [0.15, 0.2) is 0 Å². The van der Waals surface area contributed by atoms with E-state index in [4.69, 9.17) is 9.47 Å². The summed E-state index contributed by atoms with van der Waals surface area (Å²) in [4.78, 5) is 34.4. The van der Waals surface area contributed by atoms with Crippen molar-refractivity contribution in [1.82, 2.24) is 0 Å². The number of hydrogen-bond donors (Lipinski definition) is 0. The molecule has 0 aromatic rings. The van der Waals surface area contributed by atoms with Crippen molar-refractivity contribution in [3.63, 3.8) is 0 Å². The van der Waals surface area contributed by atoms with Crippen LogP contribution < -0.4 is 0 Å². The molecule has 0 aliphatic heterocycles. The van der Waals surface area contributed by atoms with E-state index in [1.165, 1.54) is 0 Å². The average molecular weight is 309 g/mol. The van der Waals surface area contributed by atoms with E-state index in [1.54, 1.807) is 13.8 Å². The zero-order valence-electron chi connectivity index (χ0n) is 10.0. The Balaban J connectivity index is 5.16. The monoisotopic (exact) mass is 308 g/mol. The van der Waals surface area contributed by atoms with E-state index in [0.717, 1.165) is 0 Å². The Kier molecular flexibility index (Phi) is 7.78. The molecule has 98 valence electrons. The summed E-state index contributed by atoms with van der Waals surface area (Å²) in [5.74, 6) is -1.41. The molecule has 0 spiro atoms. The van der Waals surface area contributed by atoms with E-state index in [-0.39, 0.29) is 26.1 Å². The zero-order valence-corrected chi connectivity index (χ0v) is 11.6. The quantitative estimate of drug-likeness (QED) is 0.294. The summed E-state index contributed by atoms with van der Waals surface area (Å²) in [7, 11) is 0. The van der Waals surface area contributed by atoms with Gasteiger partial charge in [-0.15, -0.1) is 0 Å². The largest absolute Gasteiger partial charge is 0.465 e. The van der Waals surface area contributed by atoms with Gasteiger partial charge in [0.15, 0.2) is 5.41 Å². The first-order valence-electron chi connectivity index (χ1n) is 5.43. The van der Waals surface area contributed by atoms with Crippen LogP contribution in [0.5, 0.6) is 0 Å². The number of carbonyl (C=O) groups is 3. The molecule has 0 aliphatic rings. The first kappa shape index (κ1) is 16.1. The maximum Gasteiger partial charge on any atom is 0.323 e. The number of esters is 2. The standard InChI is InChI=1S/C11H17BrO5/c1-3-16-9(14)11(5-7-12,6-8-13)10(15)17-4-2/h8H,3-7H2,1-2H3. The van der Waals surface area contributed by atoms with Crippen molar-refractivity contribution in [1.29, 1.82) is 0 Å². The minimum atomic E-state index is -1.52. The highest BCUT2D eigenvalue weighted by molar-refractivity contribution is 9.09. The molecular weight excluding hydrogens is 292 g/mol. The summed E-state index contributed by atoms with van der Waals surface area (Å²) >= 11 is 3.16. The van der Waals surface area contributed by atoms with Gasteiger partial charge < -0.3 is 14.3 Å². The van der Waals surface area contributed by atoms with E-state index in [2.05, 4.69) is 15.9 Å². The van der Waals surface area contributed by atoms with Crippen LogP contribution in [0.4, 0.5) is 0 Å². The van der Waals surface area contributed by atoms with Gasteiger partial charge in [-0.3, -0.25) is 9.59 Å². The third-order valence-corrected chi connectivity index (χ3v) is 2.68. The van der Waals surface area contributed by atoms with Gasteiger partial charge in [0.25, 0.3) is 0 Å². The molecule has 6 heteroatoms. The molecule has 0 radical (unpaired) electrons. The molecule has 0 atom stereocenters. The van der Waals surface area contributed by atoms with Gasteiger partial charge in [-0.05, 0) is 20.3 Å². The molecule has 0 fully saturated rings. The second-order valence-electron chi connectivity index (χ2n) is 3.33. The molecule has 0 heterocycles. The van der Waals surface area contributed by atoms with Crippen LogP contribution >= 0.6 is 15.9 Å². The first-order chi connectivity index (χ1) is 8.08. The van der Waals surface area contributed by atoms with Crippen LogP contribution in [0.3, 0.4) is 0 Å². The molecular formula is C11H17BrO5. The highest BCUT2D eigenvalue weighted by Crippen LogP contribution is 2.30. The summed E-state index contributed by atoms with van der Waals surface area (Å²) in [5.41, 5.74) is -1.52. The normalized spacial score (nSPS) is 10.8. The molecule has 0 N–H and O–H groups in total. The minimum absolute atomic E-state index is 0.154. The Morgan fingerprint density at radius 3 is 1.94 bits per heavy atom. The van der Waals surface area contributed by atoms with Crippen molar-refractivity contribution in [2.24, 2.45) is 5.41 Å². The maximum atomic E-state index is 11.9. The zero-order chi connectivity index (χ0) is 13.3. The second-order valence-corrected chi connectivity index (χ2v) is 4.13. The first-order valence-corrected chi connectivity index (χ1v) is 6.55. The van der Waals surface area contributed by atoms with Crippen molar-refractivity contribution < 1.29 is 23.9 Å². The third kappa shape index (κ3) is 4.11. The molecule has 0 rings (SSSR count). The number of alkyl halides is 1. The molecule has 0 aromatic carbocycles. The minimum Gasteiger partial charge on any atom is -0.465 e. The van der Waals surface area contributed by atoms with Gasteiger partial charge in [-0.25, -0.2) is 0 Å². The molecule has 17 heavy (non-hydrogen) atoms. The second kappa shape index (κ2) is 8.22. The van der Waals surface area contributed by atoms with Crippen molar-refractivity contribution >= 4 is 34.2 Å². The van der Waals surface area contributed by atoms with Gasteiger partial charge >= 0.3 is 11.9 Å². The van der Waals surface area contributed by atoms with E-state index in [0.29, 0.717) is 11.6 Å². The lowest BCUT2D eigenvalue weighted by Gasteiger charge is -2.26. The highest BCUT2D eigenvalue weighted by Gasteiger charge is 2.47. The van der Waals surface area contributed by atoms with Crippen molar-refractivity contribution in [3.8, 4) is 0 Å². The van der Waals surface area contributed by atoms with Gasteiger partial charge in [0.1, 0.15) is 6.29 Å². The fraction of sp³-hybridized carbons (Fsp3) is 0.727. The number of hydrogen-bond acceptors (Lipinski definition) is 5. The Labute approximate surface area is 109 Å². The summed E-state index contributed by atoms with van der Waals surface area (Å²) < 4.78 is 9.72. The summed E-state index contributed by atoms with van der Waals surface area (Å²) in [5, 5.41) is 0.401. The molecule has 0 aliphatic carbocycles. The van der Waals surface area contributed by atoms with Crippen molar-refractivity contribution in [2.75, 3.05) is 18.5 Å². The molecule has 0 saturated carbocycles. The molecule has 0 amide bonds. The number of halogens is 1. The number of carbonyl (C=O) groups excluding carboxylic acids is 3. The van der Waals surface area contributed by atoms with Crippen molar-refractivity contribution in [2.45, 2.75) is 26.7 Å². The van der Waals surface area contributed by atoms with Gasteiger partial charge in [0, 0.05) is 11.8 Å². The summed E-state index contributed by atoms with van der Waals surface area (Å²) in [6, 6.07) is 0. The maximum absolute atomic E-state index is 11.9. The summed E-state index contributed by atoms with van der Waals surface area (Å²) in [6.45, 7) is 3.59. The van der Waals surface area contributed by atoms with Gasteiger partial charge in [0.05, 0.1) is 13.2 Å². The van der Waals surface area contributed by atoms with Crippen LogP contribution in [0.25, 0.3) is 0 Å². The fourth-order valence-corrected chi connectivity index (χ4v) is 2.08. The highest BCUT2D eigenvalue weighted by atomic mass is 79.9. The summed E-state index contributed by atoms with van der Waals surface area (Å²) in [6.07, 6.45) is 0.482. The fourth-order valence-electron chi connectivity index (χ4n) is 1.40.